The number of nitrogens with zero attached hydrogens (tertiary/aromatic N) is 2. The van der Waals surface area contributed by atoms with E-state index in [9.17, 15) is 0 Å². The minimum atomic E-state index is 0.292. The number of aliphatic hydroxyl groups is 1. The standard InChI is InChI=1S/C10H22N2O/c1-3-12(8-9-13)10-4-6-11(2)7-5-10/h10,13H,3-9H2,1-2H3. The Labute approximate surface area is 81.3 Å². The van der Waals surface area contributed by atoms with E-state index >= 15 is 0 Å². The quantitative estimate of drug-likeness (QED) is 0.688. The third-order valence-corrected chi connectivity index (χ3v) is 3.00. The number of piperidine rings is 1. The van der Waals surface area contributed by atoms with Crippen LogP contribution >= 0.6 is 0 Å². The normalized spacial score (nSPS) is 21.2. The van der Waals surface area contributed by atoms with E-state index in [0.29, 0.717) is 12.6 Å². The van der Waals surface area contributed by atoms with Crippen molar-refractivity contribution in [2.75, 3.05) is 39.8 Å². The molecule has 0 aliphatic carbocycles. The molecule has 78 valence electrons. The summed E-state index contributed by atoms with van der Waals surface area (Å²) in [5.41, 5.74) is 0. The number of hydrogen-bond acceptors (Lipinski definition) is 3. The van der Waals surface area contributed by atoms with Crippen LogP contribution in [0.4, 0.5) is 0 Å². The molecule has 0 amide bonds. The Kier molecular flexibility index (Phi) is 4.70. The first-order chi connectivity index (χ1) is 6.27. The molecule has 0 saturated carbocycles. The van der Waals surface area contributed by atoms with E-state index in [1.165, 1.54) is 25.9 Å². The predicted molar refractivity (Wildman–Crippen MR) is 54.9 cm³/mol. The fourth-order valence-electron chi connectivity index (χ4n) is 2.09. The van der Waals surface area contributed by atoms with Gasteiger partial charge in [0, 0.05) is 12.6 Å². The molecule has 13 heavy (non-hydrogen) atoms. The van der Waals surface area contributed by atoms with Crippen LogP contribution in [0.15, 0.2) is 0 Å². The topological polar surface area (TPSA) is 26.7 Å². The molecule has 0 bridgehead atoms. The minimum absolute atomic E-state index is 0.292. The molecule has 0 aromatic heterocycles. The molecule has 0 atom stereocenters. The first-order valence-corrected chi connectivity index (χ1v) is 5.31. The van der Waals surface area contributed by atoms with Crippen LogP contribution in [0.2, 0.25) is 0 Å². The first kappa shape index (κ1) is 11.0. The molecule has 0 spiro atoms. The number of aliphatic hydroxyl groups excluding tert-OH is 1. The molecule has 1 heterocycles. The molecule has 1 rings (SSSR count). The van der Waals surface area contributed by atoms with Gasteiger partial charge < -0.3 is 10.0 Å². The molecule has 0 radical (unpaired) electrons. The van der Waals surface area contributed by atoms with Gasteiger partial charge >= 0.3 is 0 Å². The van der Waals surface area contributed by atoms with Crippen LogP contribution in [0, 0.1) is 0 Å². The van der Waals surface area contributed by atoms with Crippen molar-refractivity contribution in [3.05, 3.63) is 0 Å². The molecule has 1 aliphatic rings. The van der Waals surface area contributed by atoms with E-state index in [-0.39, 0.29) is 0 Å². The van der Waals surface area contributed by atoms with Gasteiger partial charge in [-0.2, -0.15) is 0 Å². The Balaban J connectivity index is 2.32. The molecule has 0 aromatic rings. The second-order valence-corrected chi connectivity index (χ2v) is 3.89. The van der Waals surface area contributed by atoms with E-state index in [4.69, 9.17) is 5.11 Å². The molecule has 1 N–H and O–H groups in total. The van der Waals surface area contributed by atoms with Gasteiger partial charge in [0.15, 0.2) is 0 Å². The molecule has 0 aromatic carbocycles. The fourth-order valence-corrected chi connectivity index (χ4v) is 2.09. The largest absolute Gasteiger partial charge is 0.395 e. The molecule has 3 heteroatoms. The smallest absolute Gasteiger partial charge is 0.0558 e. The lowest BCUT2D eigenvalue weighted by Crippen LogP contribution is -2.44. The van der Waals surface area contributed by atoms with E-state index in [2.05, 4.69) is 23.8 Å². The first-order valence-electron chi connectivity index (χ1n) is 5.31. The number of likely N-dealkylation sites (tertiary alicyclic amines) is 1. The Morgan fingerprint density at radius 3 is 2.46 bits per heavy atom. The monoisotopic (exact) mass is 186 g/mol. The van der Waals surface area contributed by atoms with Gasteiger partial charge in [-0.1, -0.05) is 6.92 Å². The SMILES string of the molecule is CCN(CCO)C1CCN(C)CC1. The minimum Gasteiger partial charge on any atom is -0.395 e. The van der Waals surface area contributed by atoms with Crippen molar-refractivity contribution in [3.8, 4) is 0 Å². The van der Waals surface area contributed by atoms with Crippen LogP contribution in [0.25, 0.3) is 0 Å². The summed E-state index contributed by atoms with van der Waals surface area (Å²) in [6, 6.07) is 0.702. The van der Waals surface area contributed by atoms with Crippen LogP contribution in [-0.2, 0) is 0 Å². The highest BCUT2D eigenvalue weighted by Gasteiger charge is 2.21. The highest BCUT2D eigenvalue weighted by Crippen LogP contribution is 2.14. The lowest BCUT2D eigenvalue weighted by molar-refractivity contribution is 0.105. The summed E-state index contributed by atoms with van der Waals surface area (Å²) in [6.45, 7) is 6.77. The van der Waals surface area contributed by atoms with Gasteiger partial charge in [-0.3, -0.25) is 4.90 Å². The van der Waals surface area contributed by atoms with Crippen molar-refractivity contribution >= 4 is 0 Å². The van der Waals surface area contributed by atoms with Crippen LogP contribution in [0.3, 0.4) is 0 Å². The molecule has 3 nitrogen and oxygen atoms in total. The van der Waals surface area contributed by atoms with E-state index in [1.807, 2.05) is 0 Å². The van der Waals surface area contributed by atoms with Gasteiger partial charge in [-0.05, 0) is 39.5 Å². The van der Waals surface area contributed by atoms with Gasteiger partial charge in [0.05, 0.1) is 6.61 Å². The van der Waals surface area contributed by atoms with Gasteiger partial charge in [0.2, 0.25) is 0 Å². The molecular weight excluding hydrogens is 164 g/mol. The van der Waals surface area contributed by atoms with Crippen molar-refractivity contribution < 1.29 is 5.11 Å². The lowest BCUT2D eigenvalue weighted by atomic mass is 10.0. The zero-order chi connectivity index (χ0) is 9.68. The Bertz CT molecular complexity index is 133. The summed E-state index contributed by atoms with van der Waals surface area (Å²) in [5, 5.41) is 8.90. The second kappa shape index (κ2) is 5.58. The summed E-state index contributed by atoms with van der Waals surface area (Å²) >= 11 is 0. The average molecular weight is 186 g/mol. The summed E-state index contributed by atoms with van der Waals surface area (Å²) < 4.78 is 0. The average Bonchev–Trinajstić information content (AvgIpc) is 2.16. The van der Waals surface area contributed by atoms with Gasteiger partial charge in [-0.15, -0.1) is 0 Å². The van der Waals surface area contributed by atoms with E-state index < -0.39 is 0 Å². The molecule has 1 saturated heterocycles. The molecule has 1 fully saturated rings. The predicted octanol–water partition coefficient (Wildman–Crippen LogP) is 0.395. The summed E-state index contributed by atoms with van der Waals surface area (Å²) in [7, 11) is 2.18. The van der Waals surface area contributed by atoms with Crippen molar-refractivity contribution in [3.63, 3.8) is 0 Å². The van der Waals surface area contributed by atoms with Crippen molar-refractivity contribution in [2.45, 2.75) is 25.8 Å². The summed E-state index contributed by atoms with van der Waals surface area (Å²) in [6.07, 6.45) is 2.51. The summed E-state index contributed by atoms with van der Waals surface area (Å²) in [5.74, 6) is 0. The van der Waals surface area contributed by atoms with Crippen molar-refractivity contribution in [1.82, 2.24) is 9.80 Å². The maximum Gasteiger partial charge on any atom is 0.0558 e. The van der Waals surface area contributed by atoms with Crippen molar-refractivity contribution in [2.24, 2.45) is 0 Å². The molecule has 0 unspecified atom stereocenters. The van der Waals surface area contributed by atoms with E-state index in [1.54, 1.807) is 0 Å². The zero-order valence-electron chi connectivity index (χ0n) is 8.87. The Morgan fingerprint density at radius 1 is 1.38 bits per heavy atom. The third-order valence-electron chi connectivity index (χ3n) is 3.00. The fraction of sp³-hybridized carbons (Fsp3) is 1.00. The summed E-state index contributed by atoms with van der Waals surface area (Å²) in [4.78, 5) is 4.77. The van der Waals surface area contributed by atoms with Crippen LogP contribution in [-0.4, -0.2) is 60.8 Å². The van der Waals surface area contributed by atoms with E-state index in [0.717, 1.165) is 13.1 Å². The van der Waals surface area contributed by atoms with Crippen LogP contribution in [0.5, 0.6) is 0 Å². The lowest BCUT2D eigenvalue weighted by Gasteiger charge is -2.36. The Morgan fingerprint density at radius 2 is 2.00 bits per heavy atom. The number of rotatable bonds is 4. The van der Waals surface area contributed by atoms with Gasteiger partial charge in [-0.25, -0.2) is 0 Å². The van der Waals surface area contributed by atoms with Crippen LogP contribution in [0.1, 0.15) is 19.8 Å². The molecular formula is C10H22N2O. The third kappa shape index (κ3) is 3.25. The Hall–Kier alpha value is -0.120. The highest BCUT2D eigenvalue weighted by atomic mass is 16.3. The number of hydrogen-bond donors (Lipinski definition) is 1. The zero-order valence-corrected chi connectivity index (χ0v) is 8.87. The van der Waals surface area contributed by atoms with Crippen LogP contribution < -0.4 is 0 Å². The maximum atomic E-state index is 8.90. The highest BCUT2D eigenvalue weighted by molar-refractivity contribution is 4.77. The maximum absolute atomic E-state index is 8.90. The number of likely N-dealkylation sites (N-methyl/N-ethyl adjacent to an activating group) is 1. The van der Waals surface area contributed by atoms with Gasteiger partial charge in [0.1, 0.15) is 0 Å². The van der Waals surface area contributed by atoms with Crippen molar-refractivity contribution in [1.29, 1.82) is 0 Å². The molecule has 1 aliphatic heterocycles. The second-order valence-electron chi connectivity index (χ2n) is 3.89. The van der Waals surface area contributed by atoms with Gasteiger partial charge in [0.25, 0.3) is 0 Å².